The molecule has 1 aliphatic rings. The molecule has 0 bridgehead atoms. The molecule has 6 heteroatoms. The first kappa shape index (κ1) is 11.9. The number of halogens is 3. The Bertz CT molecular complexity index is 427. The minimum absolute atomic E-state index is 0.0755. The van der Waals surface area contributed by atoms with Gasteiger partial charge in [-0.05, 0) is 18.8 Å². The fourth-order valence-corrected chi connectivity index (χ4v) is 1.51. The van der Waals surface area contributed by atoms with Crippen molar-refractivity contribution in [3.05, 3.63) is 23.5 Å². The van der Waals surface area contributed by atoms with Crippen LogP contribution in [0.5, 0.6) is 5.75 Å². The molecule has 0 spiro atoms. The molecule has 3 nitrogen and oxygen atoms in total. The lowest BCUT2D eigenvalue weighted by atomic mass is 10.1. The largest absolute Gasteiger partial charge is 0.484 e. The maximum Gasteiger partial charge on any atom is 0.422 e. The Kier molecular flexibility index (Phi) is 3.04. The Morgan fingerprint density at radius 2 is 2.18 bits per heavy atom. The molecule has 92 valence electrons. The van der Waals surface area contributed by atoms with Crippen molar-refractivity contribution in [2.45, 2.75) is 24.9 Å². The van der Waals surface area contributed by atoms with Gasteiger partial charge >= 0.3 is 6.18 Å². The molecule has 1 heterocycles. The molecule has 0 atom stereocenters. The molecule has 1 saturated carbocycles. The third-order valence-corrected chi connectivity index (χ3v) is 2.45. The van der Waals surface area contributed by atoms with Crippen LogP contribution in [-0.2, 0) is 0 Å². The third kappa shape index (κ3) is 3.18. The molecule has 0 radical (unpaired) electrons. The Hall–Kier alpha value is -1.59. The van der Waals surface area contributed by atoms with Gasteiger partial charge < -0.3 is 4.74 Å². The van der Waals surface area contributed by atoms with E-state index in [1.54, 1.807) is 0 Å². The van der Waals surface area contributed by atoms with Crippen LogP contribution in [0.3, 0.4) is 0 Å². The van der Waals surface area contributed by atoms with E-state index in [0.29, 0.717) is 11.8 Å². The van der Waals surface area contributed by atoms with Gasteiger partial charge in [-0.2, -0.15) is 13.2 Å². The highest BCUT2D eigenvalue weighted by molar-refractivity contribution is 5.72. The summed E-state index contributed by atoms with van der Waals surface area (Å²) < 4.78 is 40.9. The maximum atomic E-state index is 12.1. The summed E-state index contributed by atoms with van der Waals surface area (Å²) in [5, 5.41) is 0. The van der Waals surface area contributed by atoms with Gasteiger partial charge in [-0.1, -0.05) is 0 Å². The Labute approximate surface area is 95.6 Å². The van der Waals surface area contributed by atoms with Gasteiger partial charge in [-0.3, -0.25) is 9.78 Å². The van der Waals surface area contributed by atoms with Crippen LogP contribution in [0.1, 0.15) is 34.8 Å². The minimum Gasteiger partial charge on any atom is -0.484 e. The molecule has 17 heavy (non-hydrogen) atoms. The van der Waals surface area contributed by atoms with E-state index < -0.39 is 12.8 Å². The Balaban J connectivity index is 2.19. The molecule has 2 rings (SSSR count). The van der Waals surface area contributed by atoms with Crippen molar-refractivity contribution in [3.63, 3.8) is 0 Å². The molecule has 0 N–H and O–H groups in total. The van der Waals surface area contributed by atoms with E-state index >= 15 is 0 Å². The number of hydrogen-bond donors (Lipinski definition) is 0. The second kappa shape index (κ2) is 4.35. The van der Waals surface area contributed by atoms with E-state index in [4.69, 9.17) is 4.74 Å². The molecule has 1 aliphatic carbocycles. The van der Waals surface area contributed by atoms with Crippen LogP contribution in [0.15, 0.2) is 12.3 Å². The topological polar surface area (TPSA) is 39.2 Å². The first-order valence-corrected chi connectivity index (χ1v) is 5.14. The van der Waals surface area contributed by atoms with Crippen LogP contribution >= 0.6 is 0 Å². The predicted octanol–water partition coefficient (Wildman–Crippen LogP) is 2.71. The standard InChI is InChI=1S/C11H10F3NO2/c12-11(13,14)6-17-10-3-8(5-16)15-4-9(10)7-1-2-7/h3-5,7H,1-2,6H2. The van der Waals surface area contributed by atoms with Crippen LogP contribution in [0, 0.1) is 0 Å². The maximum absolute atomic E-state index is 12.1. The second-order valence-electron chi connectivity index (χ2n) is 3.94. The summed E-state index contributed by atoms with van der Waals surface area (Å²) in [6, 6.07) is 1.26. The summed E-state index contributed by atoms with van der Waals surface area (Å²) in [4.78, 5) is 14.4. The van der Waals surface area contributed by atoms with Crippen LogP contribution in [0.25, 0.3) is 0 Å². The lowest BCUT2D eigenvalue weighted by Gasteiger charge is -2.12. The van der Waals surface area contributed by atoms with E-state index in [1.165, 1.54) is 12.3 Å². The van der Waals surface area contributed by atoms with Crippen molar-refractivity contribution in [2.24, 2.45) is 0 Å². The lowest BCUT2D eigenvalue weighted by molar-refractivity contribution is -0.153. The number of pyridine rings is 1. The van der Waals surface area contributed by atoms with E-state index in [1.807, 2.05) is 0 Å². The van der Waals surface area contributed by atoms with Gasteiger partial charge in [0.15, 0.2) is 12.9 Å². The van der Waals surface area contributed by atoms with Crippen molar-refractivity contribution < 1.29 is 22.7 Å². The number of aldehydes is 1. The number of ether oxygens (including phenoxy) is 1. The molecular formula is C11H10F3NO2. The van der Waals surface area contributed by atoms with E-state index in [0.717, 1.165) is 12.8 Å². The number of carbonyl (C=O) groups excluding carboxylic acids is 1. The number of aromatic nitrogens is 1. The molecule has 1 fully saturated rings. The summed E-state index contributed by atoms with van der Waals surface area (Å²) in [7, 11) is 0. The second-order valence-corrected chi connectivity index (χ2v) is 3.94. The zero-order chi connectivity index (χ0) is 12.5. The van der Waals surface area contributed by atoms with E-state index in [9.17, 15) is 18.0 Å². The first-order chi connectivity index (χ1) is 7.99. The molecule has 0 aromatic carbocycles. The molecule has 0 unspecified atom stereocenters. The Morgan fingerprint density at radius 3 is 2.71 bits per heavy atom. The first-order valence-electron chi connectivity index (χ1n) is 5.14. The summed E-state index contributed by atoms with van der Waals surface area (Å²) in [6.07, 6.45) is -0.634. The highest BCUT2D eigenvalue weighted by Crippen LogP contribution is 2.44. The van der Waals surface area contributed by atoms with Crippen molar-refractivity contribution in [1.29, 1.82) is 0 Å². The highest BCUT2D eigenvalue weighted by Gasteiger charge is 2.31. The zero-order valence-electron chi connectivity index (χ0n) is 8.83. The Morgan fingerprint density at radius 1 is 1.47 bits per heavy atom. The zero-order valence-corrected chi connectivity index (χ0v) is 8.83. The van der Waals surface area contributed by atoms with Gasteiger partial charge in [0.05, 0.1) is 0 Å². The molecule has 0 amide bonds. The quantitative estimate of drug-likeness (QED) is 0.765. The van der Waals surface area contributed by atoms with Crippen molar-refractivity contribution in [1.82, 2.24) is 4.98 Å². The van der Waals surface area contributed by atoms with Crippen LogP contribution in [0.4, 0.5) is 13.2 Å². The van der Waals surface area contributed by atoms with E-state index in [-0.39, 0.29) is 17.4 Å². The van der Waals surface area contributed by atoms with Gasteiger partial charge in [0, 0.05) is 17.8 Å². The lowest BCUT2D eigenvalue weighted by Crippen LogP contribution is -2.19. The molecule has 0 aliphatic heterocycles. The third-order valence-electron chi connectivity index (χ3n) is 2.45. The van der Waals surface area contributed by atoms with Gasteiger partial charge in [-0.15, -0.1) is 0 Å². The van der Waals surface area contributed by atoms with Crippen molar-refractivity contribution in [3.8, 4) is 5.75 Å². The predicted molar refractivity (Wildman–Crippen MR) is 53.1 cm³/mol. The number of nitrogens with zero attached hydrogens (tertiary/aromatic N) is 1. The normalized spacial score (nSPS) is 15.7. The minimum atomic E-state index is -4.38. The number of carbonyl (C=O) groups is 1. The van der Waals surface area contributed by atoms with Crippen molar-refractivity contribution in [2.75, 3.05) is 6.61 Å². The van der Waals surface area contributed by atoms with Crippen LogP contribution in [-0.4, -0.2) is 24.1 Å². The molecule has 0 saturated heterocycles. The fourth-order valence-electron chi connectivity index (χ4n) is 1.51. The molecular weight excluding hydrogens is 235 g/mol. The monoisotopic (exact) mass is 245 g/mol. The van der Waals surface area contributed by atoms with Crippen LogP contribution < -0.4 is 4.74 Å². The average Bonchev–Trinajstić information content (AvgIpc) is 3.09. The van der Waals surface area contributed by atoms with Crippen LogP contribution in [0.2, 0.25) is 0 Å². The van der Waals surface area contributed by atoms with E-state index in [2.05, 4.69) is 4.98 Å². The fraction of sp³-hybridized carbons (Fsp3) is 0.455. The summed E-state index contributed by atoms with van der Waals surface area (Å²) >= 11 is 0. The number of hydrogen-bond acceptors (Lipinski definition) is 3. The SMILES string of the molecule is O=Cc1cc(OCC(F)(F)F)c(C2CC2)cn1. The van der Waals surface area contributed by atoms with Gasteiger partial charge in [0.25, 0.3) is 0 Å². The summed E-state index contributed by atoms with van der Waals surface area (Å²) in [5.41, 5.74) is 0.728. The highest BCUT2D eigenvalue weighted by atomic mass is 19.4. The number of rotatable bonds is 4. The van der Waals surface area contributed by atoms with Crippen molar-refractivity contribution >= 4 is 6.29 Å². The summed E-state index contributed by atoms with van der Waals surface area (Å²) in [5.74, 6) is 0.327. The summed E-state index contributed by atoms with van der Waals surface area (Å²) in [6.45, 7) is -1.35. The van der Waals surface area contributed by atoms with Gasteiger partial charge in [0.1, 0.15) is 11.4 Å². The molecule has 1 aromatic heterocycles. The number of alkyl halides is 3. The smallest absolute Gasteiger partial charge is 0.422 e. The molecule has 1 aromatic rings. The van der Waals surface area contributed by atoms with Gasteiger partial charge in [0.2, 0.25) is 0 Å². The average molecular weight is 245 g/mol. The van der Waals surface area contributed by atoms with Gasteiger partial charge in [-0.25, -0.2) is 0 Å².